The van der Waals surface area contributed by atoms with Gasteiger partial charge in [0.05, 0.1) is 29.2 Å². The lowest BCUT2D eigenvalue weighted by molar-refractivity contribution is 0.0770. The van der Waals surface area contributed by atoms with Crippen LogP contribution in [0.3, 0.4) is 0 Å². The van der Waals surface area contributed by atoms with E-state index in [1.807, 2.05) is 13.0 Å². The van der Waals surface area contributed by atoms with Crippen molar-refractivity contribution in [1.82, 2.24) is 28.9 Å². The number of carbonyl (C=O) groups is 1. The summed E-state index contributed by atoms with van der Waals surface area (Å²) in [6.07, 6.45) is 7.30. The number of piperidine rings is 1. The van der Waals surface area contributed by atoms with Gasteiger partial charge in [-0.1, -0.05) is 11.6 Å². The monoisotopic (exact) mass is 532 g/mol. The number of hydrogen-bond donors (Lipinski definition) is 0. The van der Waals surface area contributed by atoms with Crippen molar-refractivity contribution in [1.29, 1.82) is 0 Å². The molecule has 2 aliphatic rings. The van der Waals surface area contributed by atoms with E-state index in [9.17, 15) is 17.6 Å². The van der Waals surface area contributed by atoms with Gasteiger partial charge in [-0.15, -0.1) is 0 Å². The standard InChI is InChI=1S/C27H25FN6O3S/c1-2-33-25(10-13-30-33)38(36,37)32-14-11-20-15-24-19(17-31-34(24)22-8-6-21(28)7-9-22)16-27(20,18-32)26(35)23-5-3-4-12-29-23/h3-10,12-13,15,17H,2,11,14,16,18H2,1H3/t27-/m0/s1. The quantitative estimate of drug-likeness (QED) is 0.352. The largest absolute Gasteiger partial charge is 0.291 e. The second-order valence-electron chi connectivity index (χ2n) is 9.49. The summed E-state index contributed by atoms with van der Waals surface area (Å²) in [7, 11) is -3.91. The number of fused-ring (bicyclic) bond motifs is 2. The molecule has 194 valence electrons. The highest BCUT2D eigenvalue weighted by Gasteiger charge is 2.51. The summed E-state index contributed by atoms with van der Waals surface area (Å²) in [5.41, 5.74) is 2.28. The fraction of sp³-hybridized carbons (Fsp3) is 0.259. The normalized spacial score (nSPS) is 19.5. The van der Waals surface area contributed by atoms with E-state index in [4.69, 9.17) is 0 Å². The highest BCUT2D eigenvalue weighted by atomic mass is 32.2. The van der Waals surface area contributed by atoms with Gasteiger partial charge in [0.25, 0.3) is 10.0 Å². The number of nitrogens with zero attached hydrogens (tertiary/aromatic N) is 6. The van der Waals surface area contributed by atoms with E-state index in [1.54, 1.807) is 47.4 Å². The van der Waals surface area contributed by atoms with Crippen LogP contribution in [0.4, 0.5) is 4.39 Å². The van der Waals surface area contributed by atoms with Gasteiger partial charge < -0.3 is 0 Å². The number of Topliss-reactive ketones (excluding diaryl/α,β-unsaturated/α-hetero) is 1. The Morgan fingerprint density at radius 2 is 1.89 bits per heavy atom. The number of halogens is 1. The first-order valence-electron chi connectivity index (χ1n) is 12.4. The van der Waals surface area contributed by atoms with E-state index in [2.05, 4.69) is 15.2 Å². The third-order valence-electron chi connectivity index (χ3n) is 7.37. The Kier molecular flexibility index (Phi) is 5.84. The lowest BCUT2D eigenvalue weighted by atomic mass is 9.65. The van der Waals surface area contributed by atoms with Gasteiger partial charge >= 0.3 is 0 Å². The third kappa shape index (κ3) is 3.81. The molecule has 4 heterocycles. The van der Waals surface area contributed by atoms with Crippen molar-refractivity contribution in [2.45, 2.75) is 31.3 Å². The minimum absolute atomic E-state index is 0.0212. The van der Waals surface area contributed by atoms with Gasteiger partial charge in [-0.2, -0.15) is 14.5 Å². The van der Waals surface area contributed by atoms with E-state index in [-0.39, 0.29) is 41.8 Å². The molecule has 0 N–H and O–H groups in total. The molecule has 0 radical (unpaired) electrons. The van der Waals surface area contributed by atoms with Crippen molar-refractivity contribution < 1.29 is 17.6 Å². The van der Waals surface area contributed by atoms with Crippen LogP contribution < -0.4 is 0 Å². The minimum Gasteiger partial charge on any atom is -0.291 e. The average molecular weight is 533 g/mol. The number of benzene rings is 1. The van der Waals surface area contributed by atoms with Crippen LogP contribution in [0, 0.1) is 11.2 Å². The SMILES string of the molecule is CCn1nccc1S(=O)(=O)N1CCC2=Cc3c(cnn3-c3ccc(F)cc3)C[C@]2(C(=O)c2ccccn2)C1. The number of ketones is 1. The van der Waals surface area contributed by atoms with Gasteiger partial charge in [-0.05, 0) is 73.9 Å². The summed E-state index contributed by atoms with van der Waals surface area (Å²) in [6.45, 7) is 2.44. The van der Waals surface area contributed by atoms with Crippen LogP contribution in [0.25, 0.3) is 11.8 Å². The van der Waals surface area contributed by atoms with Gasteiger partial charge in [-0.25, -0.2) is 17.5 Å². The molecule has 1 aliphatic carbocycles. The van der Waals surface area contributed by atoms with E-state index in [0.717, 1.165) is 16.8 Å². The summed E-state index contributed by atoms with van der Waals surface area (Å²) in [5, 5.41) is 8.77. The fourth-order valence-corrected chi connectivity index (χ4v) is 7.12. The Balaban J connectivity index is 1.45. The Labute approximate surface area is 219 Å². The number of aryl methyl sites for hydroxylation is 1. The molecule has 0 bridgehead atoms. The maximum atomic E-state index is 14.2. The van der Waals surface area contributed by atoms with Crippen LogP contribution in [0.2, 0.25) is 0 Å². The summed E-state index contributed by atoms with van der Waals surface area (Å²) in [6, 6.07) is 12.7. The predicted octanol–water partition coefficient (Wildman–Crippen LogP) is 3.53. The topological polar surface area (TPSA) is 103 Å². The smallest absolute Gasteiger partial charge is 0.260 e. The Morgan fingerprint density at radius 3 is 2.63 bits per heavy atom. The number of aromatic nitrogens is 5. The van der Waals surface area contributed by atoms with Crippen molar-refractivity contribution >= 4 is 21.9 Å². The Bertz CT molecular complexity index is 1660. The van der Waals surface area contributed by atoms with Gasteiger partial charge in [0.1, 0.15) is 11.5 Å². The van der Waals surface area contributed by atoms with Crippen molar-refractivity contribution in [3.63, 3.8) is 0 Å². The average Bonchev–Trinajstić information content (AvgIpc) is 3.59. The molecule has 1 atom stereocenters. The van der Waals surface area contributed by atoms with Gasteiger partial charge in [-0.3, -0.25) is 14.5 Å². The summed E-state index contributed by atoms with van der Waals surface area (Å²) < 4.78 is 45.6. The Morgan fingerprint density at radius 1 is 1.08 bits per heavy atom. The molecule has 1 aromatic carbocycles. The van der Waals surface area contributed by atoms with E-state index in [1.165, 1.54) is 33.4 Å². The van der Waals surface area contributed by atoms with Crippen LogP contribution in [0.5, 0.6) is 0 Å². The molecule has 3 aromatic heterocycles. The number of rotatable bonds is 6. The summed E-state index contributed by atoms with van der Waals surface area (Å²) >= 11 is 0. The molecule has 0 amide bonds. The molecule has 4 aromatic rings. The maximum absolute atomic E-state index is 14.2. The van der Waals surface area contributed by atoms with Gasteiger partial charge in [0.15, 0.2) is 10.8 Å². The van der Waals surface area contributed by atoms with Crippen LogP contribution in [-0.2, 0) is 23.0 Å². The van der Waals surface area contributed by atoms with E-state index in [0.29, 0.717) is 18.7 Å². The molecule has 0 saturated carbocycles. The second-order valence-corrected chi connectivity index (χ2v) is 11.4. The van der Waals surface area contributed by atoms with E-state index < -0.39 is 15.4 Å². The number of carbonyl (C=O) groups excluding carboxylic acids is 1. The first-order chi connectivity index (χ1) is 18.3. The lowest BCUT2D eigenvalue weighted by Crippen LogP contribution is -2.53. The molecular weight excluding hydrogens is 507 g/mol. The fourth-order valence-electron chi connectivity index (χ4n) is 5.46. The van der Waals surface area contributed by atoms with Crippen LogP contribution in [-0.4, -0.2) is 56.1 Å². The molecule has 1 fully saturated rings. The third-order valence-corrected chi connectivity index (χ3v) is 9.23. The van der Waals surface area contributed by atoms with E-state index >= 15 is 0 Å². The van der Waals surface area contributed by atoms with Crippen LogP contribution in [0.15, 0.2) is 77.7 Å². The predicted molar refractivity (Wildman–Crippen MR) is 137 cm³/mol. The first-order valence-corrected chi connectivity index (χ1v) is 13.8. The molecule has 0 spiro atoms. The zero-order chi connectivity index (χ0) is 26.5. The molecule has 1 aliphatic heterocycles. The van der Waals surface area contributed by atoms with Gasteiger partial charge in [0.2, 0.25) is 0 Å². The van der Waals surface area contributed by atoms with Crippen molar-refractivity contribution in [2.75, 3.05) is 13.1 Å². The molecular formula is C27H25FN6O3S. The first kappa shape index (κ1) is 24.4. The van der Waals surface area contributed by atoms with Gasteiger partial charge in [0, 0.05) is 25.8 Å². The molecule has 9 nitrogen and oxygen atoms in total. The molecule has 0 unspecified atom stereocenters. The maximum Gasteiger partial charge on any atom is 0.260 e. The lowest BCUT2D eigenvalue weighted by Gasteiger charge is -2.44. The molecule has 6 rings (SSSR count). The Hall–Kier alpha value is -3.96. The molecule has 11 heteroatoms. The molecule has 1 saturated heterocycles. The highest BCUT2D eigenvalue weighted by Crippen LogP contribution is 2.47. The number of sulfonamides is 1. The van der Waals surface area contributed by atoms with Crippen LogP contribution in [0.1, 0.15) is 35.1 Å². The van der Waals surface area contributed by atoms with Crippen molar-refractivity contribution in [3.05, 3.63) is 95.5 Å². The van der Waals surface area contributed by atoms with Crippen LogP contribution >= 0.6 is 0 Å². The zero-order valence-corrected chi connectivity index (χ0v) is 21.5. The summed E-state index contributed by atoms with van der Waals surface area (Å²) in [4.78, 5) is 18.5. The molecule has 38 heavy (non-hydrogen) atoms. The number of hydrogen-bond acceptors (Lipinski definition) is 6. The highest BCUT2D eigenvalue weighted by molar-refractivity contribution is 7.89. The minimum atomic E-state index is -3.91. The van der Waals surface area contributed by atoms with Crippen molar-refractivity contribution in [3.8, 4) is 5.69 Å². The zero-order valence-electron chi connectivity index (χ0n) is 20.7. The summed E-state index contributed by atoms with van der Waals surface area (Å²) in [5.74, 6) is -0.570. The second kappa shape index (κ2) is 9.10. The van der Waals surface area contributed by atoms with Crippen molar-refractivity contribution in [2.24, 2.45) is 5.41 Å². The number of pyridine rings is 1.